The molecule has 1 aliphatic rings. The molecule has 0 spiro atoms. The van der Waals surface area contributed by atoms with Gasteiger partial charge < -0.3 is 14.9 Å². The van der Waals surface area contributed by atoms with E-state index in [-0.39, 0.29) is 10.6 Å². The van der Waals surface area contributed by atoms with Crippen molar-refractivity contribution in [1.82, 2.24) is 0 Å². The molecule has 2 aromatic carbocycles. The molecule has 1 N–H and O–H groups in total. The van der Waals surface area contributed by atoms with E-state index in [1.807, 2.05) is 11.0 Å². The highest BCUT2D eigenvalue weighted by Crippen LogP contribution is 2.27. The molecule has 0 bridgehead atoms. The Morgan fingerprint density at radius 3 is 2.36 bits per heavy atom. The maximum Gasteiger partial charge on any atom is 0.337 e. The standard InChI is InChI=1S/C18H15ClFN3O2/c19-15-10-13(2-3-14(15)18(24)25)22-5-7-23(8-6-22)17-4-1-12(11-21)9-16(17)20/h1-4,9-10H,5-8H2,(H,24,25). The van der Waals surface area contributed by atoms with Crippen LogP contribution < -0.4 is 9.80 Å². The molecule has 5 nitrogen and oxygen atoms in total. The van der Waals surface area contributed by atoms with Crippen LogP contribution in [-0.2, 0) is 0 Å². The number of carboxylic acid groups (broad SMARTS) is 1. The summed E-state index contributed by atoms with van der Waals surface area (Å²) >= 11 is 6.02. The van der Waals surface area contributed by atoms with Gasteiger partial charge in [-0.05, 0) is 36.4 Å². The van der Waals surface area contributed by atoms with Crippen LogP contribution in [0.2, 0.25) is 5.02 Å². The molecular formula is C18H15ClFN3O2. The molecule has 128 valence electrons. The molecular weight excluding hydrogens is 345 g/mol. The van der Waals surface area contributed by atoms with Crippen LogP contribution in [0, 0.1) is 17.1 Å². The molecule has 7 heteroatoms. The zero-order chi connectivity index (χ0) is 18.0. The van der Waals surface area contributed by atoms with Crippen molar-refractivity contribution in [2.75, 3.05) is 36.0 Å². The Morgan fingerprint density at radius 1 is 1.12 bits per heavy atom. The summed E-state index contributed by atoms with van der Waals surface area (Å²) in [5, 5.41) is 18.0. The third-order valence-electron chi connectivity index (χ3n) is 4.25. The Hall–Kier alpha value is -2.78. The molecule has 2 aromatic rings. The summed E-state index contributed by atoms with van der Waals surface area (Å²) in [7, 11) is 0. The molecule has 0 aliphatic carbocycles. The van der Waals surface area contributed by atoms with Crippen molar-refractivity contribution >= 4 is 28.9 Å². The van der Waals surface area contributed by atoms with Crippen LogP contribution in [-0.4, -0.2) is 37.3 Å². The van der Waals surface area contributed by atoms with Gasteiger partial charge in [0.05, 0.1) is 27.9 Å². The van der Waals surface area contributed by atoms with Gasteiger partial charge in [-0.1, -0.05) is 11.6 Å². The Labute approximate surface area is 149 Å². The first-order chi connectivity index (χ1) is 12.0. The van der Waals surface area contributed by atoms with Crippen LogP contribution in [0.25, 0.3) is 0 Å². The lowest BCUT2D eigenvalue weighted by Gasteiger charge is -2.37. The van der Waals surface area contributed by atoms with Crippen LogP contribution >= 0.6 is 11.6 Å². The summed E-state index contributed by atoms with van der Waals surface area (Å²) in [4.78, 5) is 15.0. The number of rotatable bonds is 3. The van der Waals surface area contributed by atoms with Gasteiger partial charge in [-0.25, -0.2) is 9.18 Å². The summed E-state index contributed by atoms with van der Waals surface area (Å²) in [6.07, 6.45) is 0. The first-order valence-electron chi connectivity index (χ1n) is 7.72. The summed E-state index contributed by atoms with van der Waals surface area (Å²) in [5.41, 5.74) is 1.70. The third kappa shape index (κ3) is 3.52. The molecule has 0 saturated carbocycles. The molecule has 1 saturated heterocycles. The lowest BCUT2D eigenvalue weighted by Crippen LogP contribution is -2.46. The number of benzene rings is 2. The van der Waals surface area contributed by atoms with Gasteiger partial charge in [-0.2, -0.15) is 5.26 Å². The van der Waals surface area contributed by atoms with E-state index in [9.17, 15) is 9.18 Å². The molecule has 0 amide bonds. The van der Waals surface area contributed by atoms with Gasteiger partial charge >= 0.3 is 5.97 Å². The summed E-state index contributed by atoms with van der Waals surface area (Å²) in [5.74, 6) is -1.46. The van der Waals surface area contributed by atoms with Gasteiger partial charge in [-0.15, -0.1) is 0 Å². The second-order valence-electron chi connectivity index (χ2n) is 5.72. The predicted octanol–water partition coefficient (Wildman–Crippen LogP) is 3.38. The monoisotopic (exact) mass is 359 g/mol. The lowest BCUT2D eigenvalue weighted by molar-refractivity contribution is 0.0697. The van der Waals surface area contributed by atoms with Gasteiger partial charge in [-0.3, -0.25) is 0 Å². The number of carboxylic acids is 1. The molecule has 1 fully saturated rings. The topological polar surface area (TPSA) is 67.6 Å². The molecule has 3 rings (SSSR count). The van der Waals surface area contributed by atoms with Crippen molar-refractivity contribution in [2.45, 2.75) is 0 Å². The summed E-state index contributed by atoms with van der Waals surface area (Å²) in [6, 6.07) is 11.3. The fraction of sp³-hybridized carbons (Fsp3) is 0.222. The minimum absolute atomic E-state index is 0.0729. The second kappa shape index (κ2) is 6.99. The van der Waals surface area contributed by atoms with Gasteiger partial charge in [0.25, 0.3) is 0 Å². The average Bonchev–Trinajstić information content (AvgIpc) is 2.61. The summed E-state index contributed by atoms with van der Waals surface area (Å²) in [6.45, 7) is 2.53. The van der Waals surface area contributed by atoms with Gasteiger partial charge in [0.2, 0.25) is 0 Å². The van der Waals surface area contributed by atoms with Crippen molar-refractivity contribution in [3.05, 3.63) is 58.4 Å². The number of nitriles is 1. The number of anilines is 2. The number of halogens is 2. The van der Waals surface area contributed by atoms with E-state index in [1.165, 1.54) is 12.1 Å². The van der Waals surface area contributed by atoms with E-state index >= 15 is 0 Å². The molecule has 0 aromatic heterocycles. The number of hydrogen-bond donors (Lipinski definition) is 1. The lowest BCUT2D eigenvalue weighted by atomic mass is 10.1. The highest BCUT2D eigenvalue weighted by molar-refractivity contribution is 6.33. The normalized spacial score (nSPS) is 14.3. The van der Waals surface area contributed by atoms with E-state index in [0.717, 1.165) is 5.69 Å². The van der Waals surface area contributed by atoms with Gasteiger partial charge in [0.15, 0.2) is 0 Å². The number of hydrogen-bond acceptors (Lipinski definition) is 4. The highest BCUT2D eigenvalue weighted by atomic mass is 35.5. The molecule has 0 atom stereocenters. The number of aromatic carboxylic acids is 1. The fourth-order valence-corrected chi connectivity index (χ4v) is 3.17. The summed E-state index contributed by atoms with van der Waals surface area (Å²) < 4.78 is 14.1. The minimum Gasteiger partial charge on any atom is -0.478 e. The molecule has 25 heavy (non-hydrogen) atoms. The first-order valence-corrected chi connectivity index (χ1v) is 8.10. The van der Waals surface area contributed by atoms with Crippen molar-refractivity contribution in [3.63, 3.8) is 0 Å². The Balaban J connectivity index is 1.71. The molecule has 1 heterocycles. The van der Waals surface area contributed by atoms with Crippen LogP contribution in [0.5, 0.6) is 0 Å². The Kier molecular flexibility index (Phi) is 4.77. The van der Waals surface area contributed by atoms with E-state index < -0.39 is 11.8 Å². The Morgan fingerprint density at radius 2 is 1.80 bits per heavy atom. The third-order valence-corrected chi connectivity index (χ3v) is 4.56. The van der Waals surface area contributed by atoms with E-state index in [4.69, 9.17) is 22.0 Å². The number of carbonyl (C=O) groups is 1. The highest BCUT2D eigenvalue weighted by Gasteiger charge is 2.21. The van der Waals surface area contributed by atoms with Gasteiger partial charge in [0.1, 0.15) is 5.82 Å². The maximum atomic E-state index is 14.1. The van der Waals surface area contributed by atoms with Gasteiger partial charge in [0, 0.05) is 31.9 Å². The van der Waals surface area contributed by atoms with E-state index in [1.54, 1.807) is 24.3 Å². The molecule has 0 unspecified atom stereocenters. The quantitative estimate of drug-likeness (QED) is 0.910. The average molecular weight is 360 g/mol. The Bertz CT molecular complexity index is 858. The molecule has 1 aliphatic heterocycles. The predicted molar refractivity (Wildman–Crippen MR) is 94.0 cm³/mol. The van der Waals surface area contributed by atoms with Crippen molar-refractivity contribution < 1.29 is 14.3 Å². The van der Waals surface area contributed by atoms with Crippen LogP contribution in [0.3, 0.4) is 0 Å². The zero-order valence-electron chi connectivity index (χ0n) is 13.2. The smallest absolute Gasteiger partial charge is 0.337 e. The van der Waals surface area contributed by atoms with Crippen LogP contribution in [0.15, 0.2) is 36.4 Å². The van der Waals surface area contributed by atoms with Crippen molar-refractivity contribution in [3.8, 4) is 6.07 Å². The number of nitrogens with zero attached hydrogens (tertiary/aromatic N) is 3. The maximum absolute atomic E-state index is 14.1. The fourth-order valence-electron chi connectivity index (χ4n) is 2.91. The van der Waals surface area contributed by atoms with Crippen molar-refractivity contribution in [2.24, 2.45) is 0 Å². The van der Waals surface area contributed by atoms with Crippen LogP contribution in [0.1, 0.15) is 15.9 Å². The molecule has 0 radical (unpaired) electrons. The zero-order valence-corrected chi connectivity index (χ0v) is 14.0. The SMILES string of the molecule is N#Cc1ccc(N2CCN(c3ccc(C(=O)O)c(Cl)c3)CC2)c(F)c1. The van der Waals surface area contributed by atoms with Crippen LogP contribution in [0.4, 0.5) is 15.8 Å². The minimum atomic E-state index is -1.06. The largest absolute Gasteiger partial charge is 0.478 e. The van der Waals surface area contributed by atoms with Crippen molar-refractivity contribution in [1.29, 1.82) is 5.26 Å². The van der Waals surface area contributed by atoms with E-state index in [2.05, 4.69) is 4.90 Å². The van der Waals surface area contributed by atoms with E-state index in [0.29, 0.717) is 37.4 Å². The second-order valence-corrected chi connectivity index (χ2v) is 6.13. The number of piperazine rings is 1. The first kappa shape index (κ1) is 17.1.